The molecule has 0 radical (unpaired) electrons. The van der Waals surface area contributed by atoms with Crippen molar-refractivity contribution in [2.45, 2.75) is 38.5 Å². The molecule has 2 aromatic carbocycles. The first-order chi connectivity index (χ1) is 12.7. The summed E-state index contributed by atoms with van der Waals surface area (Å²) in [5.74, 6) is 1.61. The van der Waals surface area contributed by atoms with Gasteiger partial charge in [-0.25, -0.2) is 0 Å². The van der Waals surface area contributed by atoms with Crippen LogP contribution >= 0.6 is 25.3 Å². The smallest absolute Gasteiger partial charge is 0.306 e. The normalized spacial score (nSPS) is 10.7. The van der Waals surface area contributed by atoms with Gasteiger partial charge in [-0.15, -0.1) is 0 Å². The van der Waals surface area contributed by atoms with Crippen molar-refractivity contribution in [1.82, 2.24) is 0 Å². The van der Waals surface area contributed by atoms with Gasteiger partial charge in [-0.2, -0.15) is 25.3 Å². The fraction of sp³-hybridized carbons (Fsp3) is 0.409. The topological polar surface area (TPSA) is 26.3 Å². The Morgan fingerprint density at radius 2 is 1.12 bits per heavy atom. The van der Waals surface area contributed by atoms with Crippen molar-refractivity contribution in [3.8, 4) is 0 Å². The van der Waals surface area contributed by atoms with Gasteiger partial charge in [0.1, 0.15) is 0 Å². The Bertz CT molecular complexity index is 651. The molecule has 0 saturated heterocycles. The van der Waals surface area contributed by atoms with Gasteiger partial charge in [0.05, 0.1) is 6.61 Å². The number of hydrogen-bond donors (Lipinski definition) is 2. The average Bonchev–Trinajstić information content (AvgIpc) is 2.66. The van der Waals surface area contributed by atoms with E-state index in [2.05, 4.69) is 73.8 Å². The molecular formula is C22H28O2S2. The molecule has 2 nitrogen and oxygen atoms in total. The molecule has 0 atom stereocenters. The molecule has 4 heteroatoms. The second kappa shape index (κ2) is 12.1. The highest BCUT2D eigenvalue weighted by molar-refractivity contribution is 7.80. The lowest BCUT2D eigenvalue weighted by molar-refractivity contribution is -0.143. The first kappa shape index (κ1) is 20.9. The van der Waals surface area contributed by atoms with Crippen LogP contribution in [-0.2, 0) is 35.2 Å². The molecule has 0 amide bonds. The molecular weight excluding hydrogens is 360 g/mol. The Labute approximate surface area is 168 Å². The number of esters is 1. The molecule has 0 fully saturated rings. The quantitative estimate of drug-likeness (QED) is 0.330. The maximum Gasteiger partial charge on any atom is 0.306 e. The van der Waals surface area contributed by atoms with E-state index in [1.165, 1.54) is 22.3 Å². The summed E-state index contributed by atoms with van der Waals surface area (Å²) in [5, 5.41) is 0. The molecule has 0 aliphatic rings. The third-order valence-electron chi connectivity index (χ3n) is 4.34. The van der Waals surface area contributed by atoms with Gasteiger partial charge >= 0.3 is 5.97 Å². The van der Waals surface area contributed by atoms with Crippen LogP contribution in [0.1, 0.15) is 35.1 Å². The van der Waals surface area contributed by atoms with E-state index in [0.29, 0.717) is 13.0 Å². The minimum absolute atomic E-state index is 0.117. The lowest BCUT2D eigenvalue weighted by Crippen LogP contribution is -2.07. The summed E-state index contributed by atoms with van der Waals surface area (Å²) in [4.78, 5) is 11.9. The Hall–Kier alpha value is -1.39. The predicted molar refractivity (Wildman–Crippen MR) is 116 cm³/mol. The molecule has 0 aliphatic carbocycles. The monoisotopic (exact) mass is 388 g/mol. The van der Waals surface area contributed by atoms with Crippen molar-refractivity contribution in [3.63, 3.8) is 0 Å². The minimum Gasteiger partial charge on any atom is -0.466 e. The zero-order valence-electron chi connectivity index (χ0n) is 15.2. The predicted octanol–water partition coefficient (Wildman–Crippen LogP) is 4.74. The molecule has 0 unspecified atom stereocenters. The highest BCUT2D eigenvalue weighted by atomic mass is 32.1. The van der Waals surface area contributed by atoms with Crippen molar-refractivity contribution in [2.75, 3.05) is 18.1 Å². The number of benzene rings is 2. The van der Waals surface area contributed by atoms with E-state index < -0.39 is 0 Å². The summed E-state index contributed by atoms with van der Waals surface area (Å²) in [6.07, 6.45) is 4.93. The first-order valence-electron chi connectivity index (χ1n) is 9.24. The number of rotatable bonds is 11. The van der Waals surface area contributed by atoms with Crippen LogP contribution in [-0.4, -0.2) is 24.1 Å². The molecule has 0 saturated carbocycles. The van der Waals surface area contributed by atoms with Crippen molar-refractivity contribution in [3.05, 3.63) is 70.8 Å². The third-order valence-corrected chi connectivity index (χ3v) is 4.78. The standard InChI is InChI=1S/C22H28O2S2/c23-22(12-11-19-5-9-21(10-6-19)14-17-26)24-15-1-2-18-3-7-20(8-4-18)13-16-25/h3-10,25-26H,1-2,11-17H2. The van der Waals surface area contributed by atoms with Crippen LogP contribution in [0.4, 0.5) is 0 Å². The molecule has 2 aromatic rings. The third kappa shape index (κ3) is 7.88. The van der Waals surface area contributed by atoms with Crippen LogP contribution in [0.5, 0.6) is 0 Å². The second-order valence-electron chi connectivity index (χ2n) is 6.40. The van der Waals surface area contributed by atoms with Crippen LogP contribution in [0, 0.1) is 0 Å². The largest absolute Gasteiger partial charge is 0.466 e. The van der Waals surface area contributed by atoms with Crippen LogP contribution < -0.4 is 0 Å². The van der Waals surface area contributed by atoms with Crippen molar-refractivity contribution >= 4 is 31.2 Å². The van der Waals surface area contributed by atoms with Gasteiger partial charge in [0, 0.05) is 6.42 Å². The average molecular weight is 389 g/mol. The number of aryl methyl sites for hydroxylation is 4. The van der Waals surface area contributed by atoms with E-state index in [9.17, 15) is 4.79 Å². The molecule has 0 aliphatic heterocycles. The van der Waals surface area contributed by atoms with E-state index in [-0.39, 0.29) is 5.97 Å². The zero-order valence-corrected chi connectivity index (χ0v) is 17.0. The lowest BCUT2D eigenvalue weighted by atomic mass is 10.1. The minimum atomic E-state index is -0.117. The number of ether oxygens (including phenoxy) is 1. The van der Waals surface area contributed by atoms with Gasteiger partial charge in [0.25, 0.3) is 0 Å². The number of hydrogen-bond acceptors (Lipinski definition) is 4. The molecule has 26 heavy (non-hydrogen) atoms. The van der Waals surface area contributed by atoms with Crippen LogP contribution in [0.25, 0.3) is 0 Å². The van der Waals surface area contributed by atoms with Gasteiger partial charge in [-0.1, -0.05) is 48.5 Å². The van der Waals surface area contributed by atoms with Gasteiger partial charge in [-0.3, -0.25) is 4.79 Å². The van der Waals surface area contributed by atoms with E-state index in [1.54, 1.807) is 0 Å². The van der Waals surface area contributed by atoms with E-state index in [4.69, 9.17) is 4.74 Å². The summed E-state index contributed by atoms with van der Waals surface area (Å²) in [6.45, 7) is 0.484. The van der Waals surface area contributed by atoms with Crippen LogP contribution in [0.2, 0.25) is 0 Å². The molecule has 0 N–H and O–H groups in total. The first-order valence-corrected chi connectivity index (χ1v) is 10.5. The number of carbonyl (C=O) groups excluding carboxylic acids is 1. The Morgan fingerprint density at radius 3 is 1.58 bits per heavy atom. The SMILES string of the molecule is O=C(CCc1ccc(CCS)cc1)OCCCc1ccc(CCS)cc1. The molecule has 0 aromatic heterocycles. The summed E-state index contributed by atoms with van der Waals surface area (Å²) in [6, 6.07) is 17.0. The molecule has 0 heterocycles. The molecule has 140 valence electrons. The number of thiol groups is 2. The van der Waals surface area contributed by atoms with Crippen molar-refractivity contribution in [1.29, 1.82) is 0 Å². The van der Waals surface area contributed by atoms with Gasteiger partial charge in [0.15, 0.2) is 0 Å². The van der Waals surface area contributed by atoms with Gasteiger partial charge in [-0.05, 0) is 65.9 Å². The lowest BCUT2D eigenvalue weighted by Gasteiger charge is -2.07. The zero-order chi connectivity index (χ0) is 18.6. The van der Waals surface area contributed by atoms with Crippen LogP contribution in [0.3, 0.4) is 0 Å². The van der Waals surface area contributed by atoms with Crippen molar-refractivity contribution < 1.29 is 9.53 Å². The highest BCUT2D eigenvalue weighted by Gasteiger charge is 2.04. The maximum atomic E-state index is 11.9. The van der Waals surface area contributed by atoms with Gasteiger partial charge < -0.3 is 4.74 Å². The van der Waals surface area contributed by atoms with Crippen molar-refractivity contribution in [2.24, 2.45) is 0 Å². The fourth-order valence-electron chi connectivity index (χ4n) is 2.78. The Balaban J connectivity index is 1.61. The number of carbonyl (C=O) groups is 1. The van der Waals surface area contributed by atoms with E-state index in [0.717, 1.165) is 43.6 Å². The molecule has 2 rings (SSSR count). The molecule has 0 bridgehead atoms. The van der Waals surface area contributed by atoms with E-state index in [1.807, 2.05) is 0 Å². The Morgan fingerprint density at radius 1 is 0.692 bits per heavy atom. The maximum absolute atomic E-state index is 11.9. The fourth-order valence-corrected chi connectivity index (χ4v) is 3.30. The second-order valence-corrected chi connectivity index (χ2v) is 7.30. The highest BCUT2D eigenvalue weighted by Crippen LogP contribution is 2.10. The molecule has 0 spiro atoms. The summed E-state index contributed by atoms with van der Waals surface area (Å²) < 4.78 is 5.35. The van der Waals surface area contributed by atoms with Gasteiger partial charge in [0.2, 0.25) is 0 Å². The summed E-state index contributed by atoms with van der Waals surface area (Å²) in [5.41, 5.74) is 5.05. The summed E-state index contributed by atoms with van der Waals surface area (Å²) >= 11 is 8.49. The van der Waals surface area contributed by atoms with E-state index >= 15 is 0 Å². The van der Waals surface area contributed by atoms with Crippen LogP contribution in [0.15, 0.2) is 48.5 Å². The summed E-state index contributed by atoms with van der Waals surface area (Å²) in [7, 11) is 0. The Kier molecular flexibility index (Phi) is 9.72.